The van der Waals surface area contributed by atoms with Crippen molar-refractivity contribution in [1.29, 1.82) is 0 Å². The lowest BCUT2D eigenvalue weighted by atomic mass is 9.97. The summed E-state index contributed by atoms with van der Waals surface area (Å²) in [7, 11) is -3.07. The fraction of sp³-hybridized carbons (Fsp3) is 0.524. The number of benzene rings is 1. The van der Waals surface area contributed by atoms with Crippen molar-refractivity contribution in [3.63, 3.8) is 0 Å². The van der Waals surface area contributed by atoms with Gasteiger partial charge in [-0.25, -0.2) is 13.2 Å². The third-order valence-corrected chi connectivity index (χ3v) is 6.99. The van der Waals surface area contributed by atoms with Gasteiger partial charge in [0.25, 0.3) is 5.91 Å². The number of carbonyl (C=O) groups excluding carboxylic acids is 2. The van der Waals surface area contributed by atoms with Crippen LogP contribution in [-0.2, 0) is 19.4 Å². The van der Waals surface area contributed by atoms with Crippen molar-refractivity contribution >= 4 is 27.4 Å². The zero-order valence-corrected chi connectivity index (χ0v) is 17.3. The summed E-state index contributed by atoms with van der Waals surface area (Å²) in [6.07, 6.45) is 8.43. The Morgan fingerprint density at radius 1 is 1.17 bits per heavy atom. The SMILES string of the molecule is O=C(COC(=O)c1ccccc1NCCC1=CCCCC1)N[C@@H]1CCS(=O)(=O)C1. The zero-order chi connectivity index (χ0) is 20.7. The lowest BCUT2D eigenvalue weighted by Gasteiger charge is -2.15. The van der Waals surface area contributed by atoms with E-state index >= 15 is 0 Å². The van der Waals surface area contributed by atoms with E-state index in [0.717, 1.165) is 25.8 Å². The van der Waals surface area contributed by atoms with Crippen molar-refractivity contribution in [2.45, 2.75) is 44.6 Å². The predicted octanol–water partition coefficient (Wildman–Crippen LogP) is 2.45. The molecule has 3 rings (SSSR count). The van der Waals surface area contributed by atoms with Crippen molar-refractivity contribution in [2.24, 2.45) is 0 Å². The highest BCUT2D eigenvalue weighted by Gasteiger charge is 2.29. The molecule has 1 amide bonds. The van der Waals surface area contributed by atoms with Crippen LogP contribution in [0.3, 0.4) is 0 Å². The average molecular weight is 421 g/mol. The highest BCUT2D eigenvalue weighted by Crippen LogP contribution is 2.21. The summed E-state index contributed by atoms with van der Waals surface area (Å²) in [6, 6.07) is 6.65. The van der Waals surface area contributed by atoms with Gasteiger partial charge >= 0.3 is 5.97 Å². The molecule has 0 aromatic heterocycles. The number of para-hydroxylation sites is 1. The van der Waals surface area contributed by atoms with Gasteiger partial charge in [-0.1, -0.05) is 23.8 Å². The van der Waals surface area contributed by atoms with Gasteiger partial charge in [0.05, 0.1) is 17.1 Å². The van der Waals surface area contributed by atoms with E-state index in [-0.39, 0.29) is 11.5 Å². The second kappa shape index (κ2) is 9.91. The molecule has 0 bridgehead atoms. The number of ether oxygens (including phenoxy) is 1. The first kappa shape index (κ1) is 21.4. The number of amides is 1. The fourth-order valence-corrected chi connectivity index (χ4v) is 5.37. The molecule has 158 valence electrons. The summed E-state index contributed by atoms with van der Waals surface area (Å²) >= 11 is 0. The normalized spacial score (nSPS) is 20.6. The van der Waals surface area contributed by atoms with Crippen molar-refractivity contribution in [3.8, 4) is 0 Å². The van der Waals surface area contributed by atoms with Gasteiger partial charge in [-0.15, -0.1) is 0 Å². The Kier molecular flexibility index (Phi) is 7.30. The third kappa shape index (κ3) is 6.59. The number of nitrogens with one attached hydrogen (secondary N) is 2. The minimum absolute atomic E-state index is 0.0596. The van der Waals surface area contributed by atoms with Crippen LogP contribution in [0.25, 0.3) is 0 Å². The topological polar surface area (TPSA) is 102 Å². The number of esters is 1. The molecule has 8 heteroatoms. The smallest absolute Gasteiger partial charge is 0.340 e. The molecule has 1 saturated heterocycles. The number of anilines is 1. The van der Waals surface area contributed by atoms with Crippen LogP contribution in [-0.4, -0.2) is 51.0 Å². The Balaban J connectivity index is 1.47. The molecule has 1 aliphatic carbocycles. The van der Waals surface area contributed by atoms with E-state index in [2.05, 4.69) is 16.7 Å². The van der Waals surface area contributed by atoms with Crippen LogP contribution in [0.2, 0.25) is 0 Å². The number of allylic oxidation sites excluding steroid dienone is 1. The van der Waals surface area contributed by atoms with Crippen LogP contribution >= 0.6 is 0 Å². The highest BCUT2D eigenvalue weighted by molar-refractivity contribution is 7.91. The maximum absolute atomic E-state index is 12.4. The van der Waals surface area contributed by atoms with Gasteiger partial charge in [0.1, 0.15) is 0 Å². The summed E-state index contributed by atoms with van der Waals surface area (Å²) in [5.74, 6) is -1.06. The molecular weight excluding hydrogens is 392 g/mol. The molecule has 1 aromatic rings. The van der Waals surface area contributed by atoms with Crippen LogP contribution in [0.5, 0.6) is 0 Å². The molecule has 1 heterocycles. The third-order valence-electron chi connectivity index (χ3n) is 5.23. The molecule has 0 radical (unpaired) electrons. The van der Waals surface area contributed by atoms with Crippen LogP contribution in [0.15, 0.2) is 35.9 Å². The maximum Gasteiger partial charge on any atom is 0.340 e. The van der Waals surface area contributed by atoms with E-state index in [1.807, 2.05) is 12.1 Å². The van der Waals surface area contributed by atoms with E-state index in [1.165, 1.54) is 18.4 Å². The number of hydrogen-bond donors (Lipinski definition) is 2. The first-order chi connectivity index (χ1) is 13.9. The summed E-state index contributed by atoms with van der Waals surface area (Å²) < 4.78 is 28.0. The molecule has 2 N–H and O–H groups in total. The first-order valence-electron chi connectivity index (χ1n) is 10.1. The minimum atomic E-state index is -3.07. The maximum atomic E-state index is 12.4. The van der Waals surface area contributed by atoms with Crippen molar-refractivity contribution in [3.05, 3.63) is 41.5 Å². The minimum Gasteiger partial charge on any atom is -0.452 e. The molecule has 1 aliphatic heterocycles. The second-order valence-corrected chi connectivity index (χ2v) is 9.80. The molecule has 0 saturated carbocycles. The molecule has 29 heavy (non-hydrogen) atoms. The molecule has 7 nitrogen and oxygen atoms in total. The monoisotopic (exact) mass is 420 g/mol. The molecule has 1 aromatic carbocycles. The van der Waals surface area contributed by atoms with Gasteiger partial charge in [-0.2, -0.15) is 0 Å². The summed E-state index contributed by atoms with van der Waals surface area (Å²) in [5.41, 5.74) is 2.51. The van der Waals surface area contributed by atoms with Crippen LogP contribution in [0.4, 0.5) is 5.69 Å². The van der Waals surface area contributed by atoms with Crippen LogP contribution in [0, 0.1) is 0 Å². The Hall–Kier alpha value is -2.35. The van der Waals surface area contributed by atoms with Crippen molar-refractivity contribution < 1.29 is 22.7 Å². The molecule has 1 atom stereocenters. The Bertz CT molecular complexity index is 879. The van der Waals surface area contributed by atoms with Crippen molar-refractivity contribution in [1.82, 2.24) is 5.32 Å². The quantitative estimate of drug-likeness (QED) is 0.495. The molecule has 0 spiro atoms. The summed E-state index contributed by atoms with van der Waals surface area (Å²) in [6.45, 7) is 0.295. The number of carbonyl (C=O) groups is 2. The summed E-state index contributed by atoms with van der Waals surface area (Å²) in [4.78, 5) is 24.4. The molecule has 2 aliphatic rings. The van der Waals surface area contributed by atoms with E-state index in [9.17, 15) is 18.0 Å². The van der Waals surface area contributed by atoms with E-state index in [4.69, 9.17) is 4.74 Å². The van der Waals surface area contributed by atoms with E-state index in [1.54, 1.807) is 12.1 Å². The van der Waals surface area contributed by atoms with E-state index in [0.29, 0.717) is 17.7 Å². The Morgan fingerprint density at radius 3 is 2.72 bits per heavy atom. The first-order valence-corrected chi connectivity index (χ1v) is 11.9. The average Bonchev–Trinajstić information content (AvgIpc) is 3.05. The Morgan fingerprint density at radius 2 is 2.00 bits per heavy atom. The molecular formula is C21H28N2O5S. The van der Waals surface area contributed by atoms with Gasteiger partial charge in [0.15, 0.2) is 16.4 Å². The molecule has 0 unspecified atom stereocenters. The van der Waals surface area contributed by atoms with Crippen molar-refractivity contribution in [2.75, 3.05) is 30.0 Å². The van der Waals surface area contributed by atoms with Gasteiger partial charge in [0.2, 0.25) is 0 Å². The zero-order valence-electron chi connectivity index (χ0n) is 16.5. The predicted molar refractivity (Wildman–Crippen MR) is 112 cm³/mol. The van der Waals surface area contributed by atoms with Gasteiger partial charge < -0.3 is 15.4 Å². The fourth-order valence-electron chi connectivity index (χ4n) is 3.69. The van der Waals surface area contributed by atoms with Gasteiger partial charge in [-0.3, -0.25) is 4.79 Å². The van der Waals surface area contributed by atoms with Gasteiger partial charge in [0, 0.05) is 18.3 Å². The highest BCUT2D eigenvalue weighted by atomic mass is 32.2. The van der Waals surface area contributed by atoms with Crippen LogP contribution in [0.1, 0.15) is 48.9 Å². The largest absolute Gasteiger partial charge is 0.452 e. The summed E-state index contributed by atoms with van der Waals surface area (Å²) in [5, 5.41) is 5.90. The molecule has 1 fully saturated rings. The van der Waals surface area contributed by atoms with Crippen LogP contribution < -0.4 is 10.6 Å². The standard InChI is InChI=1S/C21H28N2O5S/c24-20(23-17-11-13-29(26,27)15-17)14-28-21(25)18-8-4-5-9-19(18)22-12-10-16-6-2-1-3-7-16/h4-6,8-9,17,22H,1-3,7,10-15H2,(H,23,24)/t17-/m1/s1. The number of rotatable bonds is 8. The van der Waals surface area contributed by atoms with E-state index < -0.39 is 34.4 Å². The Labute approximate surface area is 171 Å². The second-order valence-electron chi connectivity index (χ2n) is 7.57. The number of sulfone groups is 1. The lowest BCUT2D eigenvalue weighted by molar-refractivity contribution is -0.124. The van der Waals surface area contributed by atoms with Gasteiger partial charge in [-0.05, 0) is 50.7 Å². The number of hydrogen-bond acceptors (Lipinski definition) is 6. The lowest BCUT2D eigenvalue weighted by Crippen LogP contribution is -2.38.